The molecule has 0 bridgehead atoms. The van der Waals surface area contributed by atoms with Crippen LogP contribution in [0.3, 0.4) is 0 Å². The van der Waals surface area contributed by atoms with Crippen molar-refractivity contribution in [3.63, 3.8) is 0 Å². The third-order valence-corrected chi connectivity index (χ3v) is 5.44. The summed E-state index contributed by atoms with van der Waals surface area (Å²) in [5.74, 6) is 1.63. The zero-order valence-electron chi connectivity index (χ0n) is 20.4. The number of anilines is 2. The highest BCUT2D eigenvalue weighted by molar-refractivity contribution is 6.04. The second kappa shape index (κ2) is 13.9. The van der Waals surface area contributed by atoms with E-state index in [0.29, 0.717) is 29.4 Å². The molecule has 0 aliphatic rings. The zero-order chi connectivity index (χ0) is 24.9. The Balaban J connectivity index is 1.26. The van der Waals surface area contributed by atoms with Crippen molar-refractivity contribution in [1.29, 1.82) is 0 Å². The smallest absolute Gasteiger partial charge is 0.255 e. The van der Waals surface area contributed by atoms with Gasteiger partial charge in [-0.15, -0.1) is 0 Å². The number of hydrogen-bond donors (Lipinski definition) is 3. The molecule has 186 valence electrons. The lowest BCUT2D eigenvalue weighted by atomic mass is 10.1. The highest BCUT2D eigenvalue weighted by atomic mass is 16.5. The Bertz CT molecular complexity index is 1070. The number of pyridine rings is 1. The van der Waals surface area contributed by atoms with Gasteiger partial charge < -0.3 is 30.6 Å². The topological polar surface area (TPSA) is 108 Å². The summed E-state index contributed by atoms with van der Waals surface area (Å²) in [7, 11) is 3.26. The average molecular weight is 479 g/mol. The SMILES string of the molecule is COc1ccc(COCCCCCNCc2ccc(C(=O)Nc3ccnc(N)c3)cc2)cc1OC. The van der Waals surface area contributed by atoms with Crippen molar-refractivity contribution in [1.82, 2.24) is 10.3 Å². The molecule has 0 saturated carbocycles. The molecule has 0 spiro atoms. The number of benzene rings is 2. The van der Waals surface area contributed by atoms with Gasteiger partial charge in [-0.25, -0.2) is 4.98 Å². The van der Waals surface area contributed by atoms with Crippen LogP contribution in [0.25, 0.3) is 0 Å². The van der Waals surface area contributed by atoms with E-state index in [2.05, 4.69) is 15.6 Å². The fourth-order valence-corrected chi connectivity index (χ4v) is 3.53. The molecule has 1 amide bonds. The number of amides is 1. The van der Waals surface area contributed by atoms with Crippen LogP contribution in [0, 0.1) is 0 Å². The number of aromatic nitrogens is 1. The number of nitrogens with one attached hydrogen (secondary N) is 2. The maximum Gasteiger partial charge on any atom is 0.255 e. The number of methoxy groups -OCH3 is 2. The molecule has 35 heavy (non-hydrogen) atoms. The van der Waals surface area contributed by atoms with Crippen molar-refractivity contribution >= 4 is 17.4 Å². The van der Waals surface area contributed by atoms with Crippen LogP contribution in [-0.2, 0) is 17.9 Å². The molecule has 1 aromatic heterocycles. The van der Waals surface area contributed by atoms with Gasteiger partial charge in [-0.05, 0) is 67.3 Å². The lowest BCUT2D eigenvalue weighted by Crippen LogP contribution is -2.15. The van der Waals surface area contributed by atoms with Crippen LogP contribution >= 0.6 is 0 Å². The van der Waals surface area contributed by atoms with E-state index in [1.165, 1.54) is 0 Å². The molecule has 0 aliphatic carbocycles. The number of nitrogens with two attached hydrogens (primary N) is 1. The van der Waals surface area contributed by atoms with Crippen LogP contribution < -0.4 is 25.8 Å². The fraction of sp³-hybridized carbons (Fsp3) is 0.333. The van der Waals surface area contributed by atoms with Gasteiger partial charge in [-0.3, -0.25) is 4.79 Å². The molecule has 0 aliphatic heterocycles. The van der Waals surface area contributed by atoms with Crippen LogP contribution in [0.1, 0.15) is 40.7 Å². The van der Waals surface area contributed by atoms with Gasteiger partial charge in [0.2, 0.25) is 0 Å². The minimum atomic E-state index is -0.177. The molecule has 1 heterocycles. The van der Waals surface area contributed by atoms with E-state index in [4.69, 9.17) is 19.9 Å². The largest absolute Gasteiger partial charge is 0.493 e. The summed E-state index contributed by atoms with van der Waals surface area (Å²) >= 11 is 0. The van der Waals surface area contributed by atoms with Crippen molar-refractivity contribution in [2.75, 3.05) is 38.4 Å². The first kappa shape index (κ1) is 26.0. The van der Waals surface area contributed by atoms with E-state index in [0.717, 1.165) is 55.8 Å². The number of carbonyl (C=O) groups is 1. The minimum absolute atomic E-state index is 0.177. The Morgan fingerprint density at radius 3 is 2.43 bits per heavy atom. The molecule has 2 aromatic carbocycles. The van der Waals surface area contributed by atoms with Crippen LogP contribution in [0.4, 0.5) is 11.5 Å². The van der Waals surface area contributed by atoms with Crippen LogP contribution in [-0.4, -0.2) is 38.3 Å². The summed E-state index contributed by atoms with van der Waals surface area (Å²) in [6.07, 6.45) is 4.75. The van der Waals surface area contributed by atoms with Gasteiger partial charge in [0.25, 0.3) is 5.91 Å². The van der Waals surface area contributed by atoms with E-state index in [-0.39, 0.29) is 5.91 Å². The second-order valence-corrected chi connectivity index (χ2v) is 8.10. The molecule has 3 rings (SSSR count). The van der Waals surface area contributed by atoms with Crippen molar-refractivity contribution in [3.05, 3.63) is 77.5 Å². The lowest BCUT2D eigenvalue weighted by Gasteiger charge is -2.10. The fourth-order valence-electron chi connectivity index (χ4n) is 3.53. The van der Waals surface area contributed by atoms with E-state index in [1.54, 1.807) is 32.5 Å². The monoisotopic (exact) mass is 478 g/mol. The summed E-state index contributed by atoms with van der Waals surface area (Å²) in [5, 5.41) is 6.27. The molecule has 8 heteroatoms. The summed E-state index contributed by atoms with van der Waals surface area (Å²) < 4.78 is 16.4. The average Bonchev–Trinajstić information content (AvgIpc) is 2.88. The van der Waals surface area contributed by atoms with E-state index in [9.17, 15) is 4.79 Å². The third kappa shape index (κ3) is 8.59. The molecule has 0 radical (unpaired) electrons. The Kier molecular flexibility index (Phi) is 10.3. The highest BCUT2D eigenvalue weighted by Crippen LogP contribution is 2.27. The van der Waals surface area contributed by atoms with E-state index in [1.807, 2.05) is 42.5 Å². The van der Waals surface area contributed by atoms with E-state index >= 15 is 0 Å². The van der Waals surface area contributed by atoms with Crippen molar-refractivity contribution < 1.29 is 19.0 Å². The molecule has 0 fully saturated rings. The molecular weight excluding hydrogens is 444 g/mol. The van der Waals surface area contributed by atoms with Gasteiger partial charge in [0.1, 0.15) is 5.82 Å². The van der Waals surface area contributed by atoms with Crippen molar-refractivity contribution in [2.45, 2.75) is 32.4 Å². The van der Waals surface area contributed by atoms with Crippen molar-refractivity contribution in [3.8, 4) is 11.5 Å². The number of ether oxygens (including phenoxy) is 3. The Morgan fingerprint density at radius 2 is 1.69 bits per heavy atom. The third-order valence-electron chi connectivity index (χ3n) is 5.44. The molecule has 0 atom stereocenters. The molecular formula is C27H34N4O4. The predicted octanol–water partition coefficient (Wildman–Crippen LogP) is 4.41. The number of nitrogens with zero attached hydrogens (tertiary/aromatic N) is 1. The number of nitrogen functional groups attached to an aromatic ring is 1. The van der Waals surface area contributed by atoms with Crippen molar-refractivity contribution in [2.24, 2.45) is 0 Å². The number of rotatable bonds is 14. The molecule has 0 saturated heterocycles. The number of hydrogen-bond acceptors (Lipinski definition) is 7. The standard InChI is InChI=1S/C27H34N4O4/c1-33-24-11-8-21(16-25(24)34-2)19-35-15-5-3-4-13-29-18-20-6-9-22(10-7-20)27(32)31-23-12-14-30-26(28)17-23/h6-12,14,16-17,29H,3-5,13,15,18-19H2,1-2H3,(H3,28,30,31,32). The van der Waals surface area contributed by atoms with Crippen LogP contribution in [0.2, 0.25) is 0 Å². The van der Waals surface area contributed by atoms with E-state index < -0.39 is 0 Å². The maximum absolute atomic E-state index is 12.4. The van der Waals surface area contributed by atoms with Gasteiger partial charge in [0.05, 0.1) is 20.8 Å². The summed E-state index contributed by atoms with van der Waals surface area (Å²) in [6, 6.07) is 16.7. The first-order valence-corrected chi connectivity index (χ1v) is 11.7. The van der Waals surface area contributed by atoms with Crippen LogP contribution in [0.5, 0.6) is 11.5 Å². The molecule has 3 aromatic rings. The number of carbonyl (C=O) groups excluding carboxylic acids is 1. The number of unbranched alkanes of at least 4 members (excludes halogenated alkanes) is 2. The maximum atomic E-state index is 12.4. The van der Waals surface area contributed by atoms with Crippen LogP contribution in [0.15, 0.2) is 60.8 Å². The normalized spacial score (nSPS) is 10.7. The van der Waals surface area contributed by atoms with Gasteiger partial charge in [-0.2, -0.15) is 0 Å². The second-order valence-electron chi connectivity index (χ2n) is 8.10. The molecule has 8 nitrogen and oxygen atoms in total. The summed E-state index contributed by atoms with van der Waals surface area (Å²) in [4.78, 5) is 16.3. The summed E-state index contributed by atoms with van der Waals surface area (Å²) in [5.41, 5.74) is 9.06. The molecule has 0 unspecified atom stereocenters. The van der Waals surface area contributed by atoms with Gasteiger partial charge in [0.15, 0.2) is 11.5 Å². The Hall–Kier alpha value is -3.62. The first-order chi connectivity index (χ1) is 17.1. The quantitative estimate of drug-likeness (QED) is 0.295. The first-order valence-electron chi connectivity index (χ1n) is 11.7. The molecule has 4 N–H and O–H groups in total. The van der Waals surface area contributed by atoms with Gasteiger partial charge >= 0.3 is 0 Å². The minimum Gasteiger partial charge on any atom is -0.493 e. The van der Waals surface area contributed by atoms with Gasteiger partial charge in [-0.1, -0.05) is 18.2 Å². The zero-order valence-corrected chi connectivity index (χ0v) is 20.4. The highest BCUT2D eigenvalue weighted by Gasteiger charge is 2.07. The Morgan fingerprint density at radius 1 is 0.914 bits per heavy atom. The van der Waals surface area contributed by atoms with Gasteiger partial charge in [0, 0.05) is 36.7 Å². The summed E-state index contributed by atoms with van der Waals surface area (Å²) in [6.45, 7) is 2.98. The Labute approximate surface area is 206 Å². The lowest BCUT2D eigenvalue weighted by molar-refractivity contribution is 0.102. The predicted molar refractivity (Wildman–Crippen MR) is 138 cm³/mol.